The van der Waals surface area contributed by atoms with Gasteiger partial charge in [-0.05, 0) is 29.2 Å². The molecular weight excluding hydrogens is 196 g/mol. The van der Waals surface area contributed by atoms with E-state index in [9.17, 15) is 0 Å². The Balaban J connectivity index is 1.84. The van der Waals surface area contributed by atoms with E-state index in [4.69, 9.17) is 0 Å². The van der Waals surface area contributed by atoms with Gasteiger partial charge in [-0.1, -0.05) is 30.3 Å². The molecule has 1 N–H and O–H groups in total. The van der Waals surface area contributed by atoms with Gasteiger partial charge in [-0.2, -0.15) is 0 Å². The Kier molecular flexibility index (Phi) is 2.43. The van der Waals surface area contributed by atoms with E-state index in [1.54, 1.807) is 0 Å². The Morgan fingerprint density at radius 1 is 1.19 bits per heavy atom. The third kappa shape index (κ3) is 1.72. The molecule has 1 atom stereocenters. The molecule has 0 spiro atoms. The molecule has 0 saturated heterocycles. The predicted molar refractivity (Wildman–Crippen MR) is 64.0 cm³/mol. The number of nitrogens with one attached hydrogen (secondary N) is 1. The van der Waals surface area contributed by atoms with Gasteiger partial charge >= 0.3 is 0 Å². The van der Waals surface area contributed by atoms with Crippen LogP contribution in [0.25, 0.3) is 0 Å². The van der Waals surface area contributed by atoms with Crippen molar-refractivity contribution < 1.29 is 0 Å². The molecule has 2 aromatic rings. The van der Waals surface area contributed by atoms with Gasteiger partial charge < -0.3 is 5.32 Å². The van der Waals surface area contributed by atoms with Gasteiger partial charge in [-0.15, -0.1) is 0 Å². The highest BCUT2D eigenvalue weighted by atomic mass is 14.9. The number of rotatable bonds is 2. The Morgan fingerprint density at radius 3 is 3.00 bits per heavy atom. The number of benzene rings is 1. The lowest BCUT2D eigenvalue weighted by atomic mass is 10.00. The first-order valence-corrected chi connectivity index (χ1v) is 5.63. The monoisotopic (exact) mass is 210 g/mol. The summed E-state index contributed by atoms with van der Waals surface area (Å²) in [4.78, 5) is 4.15. The molecule has 1 unspecified atom stereocenters. The van der Waals surface area contributed by atoms with E-state index in [0.29, 0.717) is 6.04 Å². The fourth-order valence-electron chi connectivity index (χ4n) is 2.31. The number of aromatic nitrogens is 1. The average molecular weight is 210 g/mol. The Labute approximate surface area is 95.3 Å². The summed E-state index contributed by atoms with van der Waals surface area (Å²) in [5.74, 6) is 0. The Bertz CT molecular complexity index is 479. The highest BCUT2D eigenvalue weighted by molar-refractivity contribution is 5.34. The molecule has 1 aliphatic rings. The van der Waals surface area contributed by atoms with E-state index in [1.165, 1.54) is 16.7 Å². The minimum atomic E-state index is 0.445. The maximum atomic E-state index is 4.15. The zero-order valence-corrected chi connectivity index (χ0v) is 9.06. The first kappa shape index (κ1) is 9.55. The van der Waals surface area contributed by atoms with Gasteiger partial charge in [0.15, 0.2) is 0 Å². The highest BCUT2D eigenvalue weighted by Crippen LogP contribution is 2.27. The normalized spacial score (nSPS) is 18.4. The van der Waals surface area contributed by atoms with Crippen molar-refractivity contribution in [3.63, 3.8) is 0 Å². The average Bonchev–Trinajstić information content (AvgIpc) is 2.74. The summed E-state index contributed by atoms with van der Waals surface area (Å²) < 4.78 is 0. The van der Waals surface area contributed by atoms with Crippen LogP contribution >= 0.6 is 0 Å². The third-order valence-corrected chi connectivity index (χ3v) is 3.13. The number of fused-ring (bicyclic) bond motifs is 1. The number of hydrogen-bond acceptors (Lipinski definition) is 2. The third-order valence-electron chi connectivity index (χ3n) is 3.13. The molecule has 0 saturated carbocycles. The zero-order valence-electron chi connectivity index (χ0n) is 9.06. The van der Waals surface area contributed by atoms with Crippen molar-refractivity contribution in [2.24, 2.45) is 0 Å². The molecule has 0 aliphatic carbocycles. The van der Waals surface area contributed by atoms with Gasteiger partial charge in [0.1, 0.15) is 0 Å². The number of pyridine rings is 1. The van der Waals surface area contributed by atoms with Gasteiger partial charge in [0.05, 0.1) is 0 Å². The van der Waals surface area contributed by atoms with Crippen molar-refractivity contribution in [3.8, 4) is 0 Å². The minimum absolute atomic E-state index is 0.445. The summed E-state index contributed by atoms with van der Waals surface area (Å²) in [5, 5.41) is 3.54. The maximum absolute atomic E-state index is 4.15. The van der Waals surface area contributed by atoms with Crippen LogP contribution in [0.15, 0.2) is 48.8 Å². The lowest BCUT2D eigenvalue weighted by molar-refractivity contribution is 0.580. The summed E-state index contributed by atoms with van der Waals surface area (Å²) in [7, 11) is 0. The molecular formula is C14H14N2. The van der Waals surface area contributed by atoms with E-state index < -0.39 is 0 Å². The smallest absolute Gasteiger partial charge is 0.0367 e. The summed E-state index contributed by atoms with van der Waals surface area (Å²) in [6.45, 7) is 0.987. The second-order valence-electron chi connectivity index (χ2n) is 4.20. The van der Waals surface area contributed by atoms with Crippen LogP contribution in [0.3, 0.4) is 0 Å². The van der Waals surface area contributed by atoms with Crippen LogP contribution < -0.4 is 5.32 Å². The van der Waals surface area contributed by atoms with Crippen LogP contribution in [-0.2, 0) is 13.0 Å². The largest absolute Gasteiger partial charge is 0.306 e. The zero-order chi connectivity index (χ0) is 10.8. The van der Waals surface area contributed by atoms with Gasteiger partial charge in [-0.3, -0.25) is 4.98 Å². The van der Waals surface area contributed by atoms with Crippen LogP contribution in [0.2, 0.25) is 0 Å². The van der Waals surface area contributed by atoms with Crippen molar-refractivity contribution in [2.75, 3.05) is 0 Å². The van der Waals surface area contributed by atoms with Crippen LogP contribution in [-0.4, -0.2) is 4.98 Å². The molecule has 0 radical (unpaired) electrons. The van der Waals surface area contributed by atoms with E-state index in [-0.39, 0.29) is 0 Å². The van der Waals surface area contributed by atoms with Gasteiger partial charge in [0.25, 0.3) is 0 Å². The molecule has 1 aliphatic heterocycles. The molecule has 0 amide bonds. The maximum Gasteiger partial charge on any atom is 0.0367 e. The quantitative estimate of drug-likeness (QED) is 0.823. The van der Waals surface area contributed by atoms with E-state index >= 15 is 0 Å². The first-order chi connectivity index (χ1) is 7.93. The molecule has 3 rings (SSSR count). The van der Waals surface area contributed by atoms with E-state index in [0.717, 1.165) is 13.0 Å². The molecule has 1 aromatic heterocycles. The number of hydrogen-bond donors (Lipinski definition) is 1. The van der Waals surface area contributed by atoms with Crippen molar-refractivity contribution in [2.45, 2.75) is 19.0 Å². The van der Waals surface area contributed by atoms with Crippen molar-refractivity contribution in [1.29, 1.82) is 0 Å². The highest BCUT2D eigenvalue weighted by Gasteiger charge is 2.20. The van der Waals surface area contributed by atoms with Crippen LogP contribution in [0.1, 0.15) is 22.7 Å². The lowest BCUT2D eigenvalue weighted by Gasteiger charge is -2.11. The van der Waals surface area contributed by atoms with Gasteiger partial charge in [0, 0.05) is 25.0 Å². The fraction of sp³-hybridized carbons (Fsp3) is 0.214. The molecule has 80 valence electrons. The SMILES string of the molecule is c1cncc(CC2NCc3ccccc32)c1. The topological polar surface area (TPSA) is 24.9 Å². The minimum Gasteiger partial charge on any atom is -0.306 e. The standard InChI is InChI=1S/C14H14N2/c1-2-6-13-12(5-1)10-16-14(13)8-11-4-3-7-15-9-11/h1-7,9,14,16H,8,10H2. The van der Waals surface area contributed by atoms with E-state index in [1.807, 2.05) is 18.5 Å². The van der Waals surface area contributed by atoms with Crippen LogP contribution in [0.4, 0.5) is 0 Å². The molecule has 2 heterocycles. The second-order valence-corrected chi connectivity index (χ2v) is 4.20. The summed E-state index contributed by atoms with van der Waals surface area (Å²) in [5.41, 5.74) is 4.15. The molecule has 2 heteroatoms. The molecule has 2 nitrogen and oxygen atoms in total. The van der Waals surface area contributed by atoms with Crippen LogP contribution in [0.5, 0.6) is 0 Å². The molecule has 16 heavy (non-hydrogen) atoms. The van der Waals surface area contributed by atoms with Crippen LogP contribution in [0, 0.1) is 0 Å². The molecule has 1 aromatic carbocycles. The van der Waals surface area contributed by atoms with Crippen molar-refractivity contribution in [3.05, 3.63) is 65.5 Å². The second kappa shape index (κ2) is 4.06. The Hall–Kier alpha value is -1.67. The van der Waals surface area contributed by atoms with Crippen molar-refractivity contribution in [1.82, 2.24) is 10.3 Å². The molecule has 0 bridgehead atoms. The lowest BCUT2D eigenvalue weighted by Crippen LogP contribution is -2.14. The van der Waals surface area contributed by atoms with Crippen molar-refractivity contribution >= 4 is 0 Å². The van der Waals surface area contributed by atoms with E-state index in [2.05, 4.69) is 40.6 Å². The fourth-order valence-corrected chi connectivity index (χ4v) is 2.31. The molecule has 0 fully saturated rings. The van der Waals surface area contributed by atoms with Gasteiger partial charge in [0.2, 0.25) is 0 Å². The Morgan fingerprint density at radius 2 is 2.12 bits per heavy atom. The summed E-state index contributed by atoms with van der Waals surface area (Å²) >= 11 is 0. The number of nitrogens with zero attached hydrogens (tertiary/aromatic N) is 1. The predicted octanol–water partition coefficient (Wildman–Crippen LogP) is 2.47. The van der Waals surface area contributed by atoms with Gasteiger partial charge in [-0.25, -0.2) is 0 Å². The summed E-state index contributed by atoms with van der Waals surface area (Å²) in [6, 6.07) is 13.2. The summed E-state index contributed by atoms with van der Waals surface area (Å²) in [6.07, 6.45) is 4.78. The first-order valence-electron chi connectivity index (χ1n) is 5.63.